The fourth-order valence-corrected chi connectivity index (χ4v) is 8.11. The Kier molecular flexibility index (Phi) is 6.60. The van der Waals surface area contributed by atoms with Crippen molar-refractivity contribution in [2.45, 2.75) is 36.3 Å². The van der Waals surface area contributed by atoms with Gasteiger partial charge < -0.3 is 4.74 Å². The number of hydrazine groups is 1. The minimum atomic E-state index is -4.22. The number of ether oxygens (including phenoxy) is 1. The van der Waals surface area contributed by atoms with Gasteiger partial charge >= 0.3 is 0 Å². The van der Waals surface area contributed by atoms with Crippen molar-refractivity contribution in [2.75, 3.05) is 11.4 Å². The summed E-state index contributed by atoms with van der Waals surface area (Å²) in [6.07, 6.45) is 0.296. The topological polar surface area (TPSA) is 99.6 Å². The van der Waals surface area contributed by atoms with Crippen LogP contribution in [0.15, 0.2) is 106 Å². The predicted octanol–water partition coefficient (Wildman–Crippen LogP) is 5.30. The zero-order chi connectivity index (χ0) is 28.9. The van der Waals surface area contributed by atoms with Gasteiger partial charge in [0.05, 0.1) is 34.8 Å². The van der Waals surface area contributed by atoms with E-state index in [1.54, 1.807) is 91.0 Å². The Morgan fingerprint density at radius 2 is 1.39 bits per heavy atom. The van der Waals surface area contributed by atoms with E-state index in [1.807, 2.05) is 13.8 Å². The summed E-state index contributed by atoms with van der Waals surface area (Å²) in [6.45, 7) is 3.60. The minimum absolute atomic E-state index is 0.0772. The van der Waals surface area contributed by atoms with Crippen molar-refractivity contribution in [3.63, 3.8) is 0 Å². The first-order chi connectivity index (χ1) is 19.6. The Balaban J connectivity index is 1.65. The molecule has 0 N–H and O–H groups in total. The van der Waals surface area contributed by atoms with Crippen molar-refractivity contribution in [3.8, 4) is 5.75 Å². The van der Waals surface area contributed by atoms with E-state index in [1.165, 1.54) is 27.2 Å². The monoisotopic (exact) mass is 588 g/mol. The molecule has 0 saturated heterocycles. The molecule has 9 nitrogen and oxygen atoms in total. The maximum absolute atomic E-state index is 14.6. The molecular weight excluding hydrogens is 560 g/mol. The zero-order valence-corrected chi connectivity index (χ0v) is 24.3. The third kappa shape index (κ3) is 4.55. The van der Waals surface area contributed by atoms with Gasteiger partial charge in [-0.25, -0.2) is 26.1 Å². The van der Waals surface area contributed by atoms with Gasteiger partial charge in [0.2, 0.25) is 0 Å². The van der Waals surface area contributed by atoms with Crippen LogP contribution in [0.4, 0.5) is 11.4 Å². The maximum atomic E-state index is 14.6. The lowest BCUT2D eigenvalue weighted by atomic mass is 10.1. The number of aryl methyl sites for hydroxylation is 2. The molecule has 0 aliphatic carbocycles. The summed E-state index contributed by atoms with van der Waals surface area (Å²) in [5.41, 5.74) is 3.71. The summed E-state index contributed by atoms with van der Waals surface area (Å²) in [5, 5.41) is 1.40. The van der Waals surface area contributed by atoms with Crippen LogP contribution in [-0.2, 0) is 26.6 Å². The van der Waals surface area contributed by atoms with Crippen LogP contribution in [0.1, 0.15) is 28.4 Å². The molecule has 2 aliphatic heterocycles. The summed E-state index contributed by atoms with van der Waals surface area (Å²) in [7, 11) is -6.88. The van der Waals surface area contributed by atoms with Crippen molar-refractivity contribution in [1.29, 1.82) is 0 Å². The Morgan fingerprint density at radius 3 is 2.02 bits per heavy atom. The van der Waals surface area contributed by atoms with E-state index in [2.05, 4.69) is 4.99 Å². The van der Waals surface area contributed by atoms with Crippen molar-refractivity contribution < 1.29 is 21.6 Å². The Morgan fingerprint density at radius 1 is 0.780 bits per heavy atom. The fourth-order valence-electron chi connectivity index (χ4n) is 5.08. The van der Waals surface area contributed by atoms with Crippen LogP contribution in [0, 0.1) is 13.8 Å². The van der Waals surface area contributed by atoms with Crippen LogP contribution >= 0.6 is 0 Å². The van der Waals surface area contributed by atoms with E-state index in [4.69, 9.17) is 4.74 Å². The van der Waals surface area contributed by atoms with E-state index in [-0.39, 0.29) is 16.3 Å². The average Bonchev–Trinajstić information content (AvgIpc) is 3.12. The summed E-state index contributed by atoms with van der Waals surface area (Å²) in [4.78, 5) is 4.70. The Hall–Kier alpha value is -4.19. The molecule has 2 aliphatic rings. The summed E-state index contributed by atoms with van der Waals surface area (Å²) in [6, 6.07) is 25.3. The lowest BCUT2D eigenvalue weighted by molar-refractivity contribution is 0.104. The first-order valence-electron chi connectivity index (χ1n) is 12.9. The highest BCUT2D eigenvalue weighted by Gasteiger charge is 2.47. The van der Waals surface area contributed by atoms with Crippen LogP contribution in [0.5, 0.6) is 5.75 Å². The molecule has 0 saturated carbocycles. The van der Waals surface area contributed by atoms with Gasteiger partial charge in [-0.15, -0.1) is 4.41 Å². The molecule has 1 atom stereocenters. The summed E-state index contributed by atoms with van der Waals surface area (Å²) >= 11 is 0. The SMILES string of the molecule is COc1ccc2c(c1)CN(S(=O)(=O)c1ccc(C)cc1)N1C=Nc3ccccc3[C@H]1N2S(=O)(=O)c1ccc(C)cc1. The van der Waals surface area contributed by atoms with Gasteiger partial charge in [0.1, 0.15) is 12.1 Å². The van der Waals surface area contributed by atoms with Crippen LogP contribution < -0.4 is 9.04 Å². The smallest absolute Gasteiger partial charge is 0.266 e. The maximum Gasteiger partial charge on any atom is 0.266 e. The van der Waals surface area contributed by atoms with E-state index in [0.717, 1.165) is 11.1 Å². The molecule has 0 spiro atoms. The first-order valence-corrected chi connectivity index (χ1v) is 15.8. The second-order valence-electron chi connectivity index (χ2n) is 9.96. The molecule has 0 aromatic heterocycles. The van der Waals surface area contributed by atoms with Crippen LogP contribution in [-0.4, -0.2) is 39.7 Å². The molecule has 0 fully saturated rings. The van der Waals surface area contributed by atoms with Gasteiger partial charge in [-0.2, -0.15) is 0 Å². The summed E-state index contributed by atoms with van der Waals surface area (Å²) < 4.78 is 65.6. The quantitative estimate of drug-likeness (QED) is 0.314. The molecule has 4 aromatic rings. The number of rotatable bonds is 5. The molecule has 0 amide bonds. The van der Waals surface area contributed by atoms with Crippen LogP contribution in [0.2, 0.25) is 0 Å². The Labute approximate surface area is 240 Å². The Bertz CT molecular complexity index is 1870. The lowest BCUT2D eigenvalue weighted by Gasteiger charge is -2.42. The normalized spacial score (nSPS) is 16.9. The lowest BCUT2D eigenvalue weighted by Crippen LogP contribution is -2.52. The highest BCUT2D eigenvalue weighted by molar-refractivity contribution is 7.93. The van der Waals surface area contributed by atoms with Crippen molar-refractivity contribution >= 4 is 37.8 Å². The number of sulfonamides is 2. The third-order valence-electron chi connectivity index (χ3n) is 7.26. The van der Waals surface area contributed by atoms with Gasteiger partial charge in [0.25, 0.3) is 20.0 Å². The molecule has 41 heavy (non-hydrogen) atoms. The second-order valence-corrected chi connectivity index (χ2v) is 13.6. The van der Waals surface area contributed by atoms with Crippen molar-refractivity contribution in [1.82, 2.24) is 9.42 Å². The minimum Gasteiger partial charge on any atom is -0.497 e. The number of anilines is 1. The molecule has 2 heterocycles. The molecule has 0 bridgehead atoms. The highest BCUT2D eigenvalue weighted by atomic mass is 32.2. The number of nitrogens with zero attached hydrogens (tertiary/aromatic N) is 4. The van der Waals surface area contributed by atoms with E-state index < -0.39 is 26.2 Å². The van der Waals surface area contributed by atoms with Gasteiger partial charge in [-0.3, -0.25) is 5.01 Å². The largest absolute Gasteiger partial charge is 0.497 e. The molecule has 4 aromatic carbocycles. The number of para-hydroxylation sites is 1. The predicted molar refractivity (Wildman–Crippen MR) is 157 cm³/mol. The number of fused-ring (bicyclic) bond motifs is 4. The van der Waals surface area contributed by atoms with Gasteiger partial charge in [0, 0.05) is 5.56 Å². The van der Waals surface area contributed by atoms with Crippen molar-refractivity contribution in [3.05, 3.63) is 113 Å². The second kappa shape index (κ2) is 10.0. The molecule has 6 rings (SSSR count). The fraction of sp³-hybridized carbons (Fsp3) is 0.167. The number of benzene rings is 4. The molecule has 0 radical (unpaired) electrons. The molecular formula is C30H28N4O5S2. The van der Waals surface area contributed by atoms with Crippen LogP contribution in [0.3, 0.4) is 0 Å². The number of hydrogen-bond donors (Lipinski definition) is 0. The van der Waals surface area contributed by atoms with Gasteiger partial charge in [-0.05, 0) is 67.9 Å². The van der Waals surface area contributed by atoms with Crippen LogP contribution in [0.25, 0.3) is 0 Å². The summed E-state index contributed by atoms with van der Waals surface area (Å²) in [5.74, 6) is 0.470. The number of hydrogen-bond acceptors (Lipinski definition) is 7. The third-order valence-corrected chi connectivity index (χ3v) is 10.8. The van der Waals surface area contributed by atoms with E-state index in [9.17, 15) is 16.8 Å². The van der Waals surface area contributed by atoms with E-state index >= 15 is 0 Å². The van der Waals surface area contributed by atoms with Crippen molar-refractivity contribution in [2.24, 2.45) is 4.99 Å². The van der Waals surface area contributed by atoms with E-state index in [0.29, 0.717) is 28.3 Å². The standard InChI is InChI=1S/C30H28N4O5S2/c1-21-8-13-25(14-9-21)40(35,36)33-19-23-18-24(39-3)12-17-29(23)34(41(37,38)26-15-10-22(2)11-16-26)30-27-6-4-5-7-28(27)31-20-32(30)33/h4-18,20,30H,19H2,1-3H3/t30-/m1/s1. The van der Waals surface area contributed by atoms with Gasteiger partial charge in [-0.1, -0.05) is 53.6 Å². The van der Waals surface area contributed by atoms with Gasteiger partial charge in [0.15, 0.2) is 6.17 Å². The first kappa shape index (κ1) is 27.0. The average molecular weight is 589 g/mol. The molecule has 0 unspecified atom stereocenters. The number of aliphatic imine (C=N–C) groups is 1. The zero-order valence-electron chi connectivity index (χ0n) is 22.7. The molecule has 210 valence electrons. The number of methoxy groups -OCH3 is 1. The molecule has 11 heteroatoms. The highest BCUT2D eigenvalue weighted by Crippen LogP contribution is 2.46.